The minimum atomic E-state index is -0.293. The predicted molar refractivity (Wildman–Crippen MR) is 125 cm³/mol. The van der Waals surface area contributed by atoms with Crippen LogP contribution < -0.4 is 5.32 Å². The van der Waals surface area contributed by atoms with Gasteiger partial charge in [0.25, 0.3) is 5.91 Å². The fourth-order valence-corrected chi connectivity index (χ4v) is 3.75. The van der Waals surface area contributed by atoms with Gasteiger partial charge in [-0.2, -0.15) is 0 Å². The molecule has 0 bridgehead atoms. The lowest BCUT2D eigenvalue weighted by molar-refractivity contribution is 0.102. The minimum absolute atomic E-state index is 0.0925. The first kappa shape index (κ1) is 20.6. The number of hydrogen-bond acceptors (Lipinski definition) is 1. The van der Waals surface area contributed by atoms with Crippen molar-refractivity contribution in [3.63, 3.8) is 0 Å². The van der Waals surface area contributed by atoms with Crippen molar-refractivity contribution in [3.8, 4) is 22.4 Å². The number of carbonyl (C=O) groups excluding carboxylic acids is 1. The van der Waals surface area contributed by atoms with Gasteiger partial charge >= 0.3 is 0 Å². The molecule has 0 aliphatic carbocycles. The van der Waals surface area contributed by atoms with Crippen LogP contribution in [-0.4, -0.2) is 10.9 Å². The highest BCUT2D eigenvalue weighted by molar-refractivity contribution is 6.12. The maximum Gasteiger partial charge on any atom is 0.258 e. The number of amides is 1. The van der Waals surface area contributed by atoms with E-state index >= 15 is 0 Å². The number of para-hydroxylation sites is 1. The maximum absolute atomic E-state index is 13.6. The Hall–Kier alpha value is -3.66. The molecule has 4 heteroatoms. The fourth-order valence-electron chi connectivity index (χ4n) is 3.75. The zero-order chi connectivity index (χ0) is 22.0. The quantitative estimate of drug-likeness (QED) is 0.358. The number of rotatable bonds is 5. The first-order chi connectivity index (χ1) is 14.9. The van der Waals surface area contributed by atoms with E-state index in [9.17, 15) is 9.18 Å². The molecule has 156 valence electrons. The molecule has 0 radical (unpaired) electrons. The molecule has 1 heterocycles. The third-order valence-corrected chi connectivity index (χ3v) is 5.34. The van der Waals surface area contributed by atoms with Crippen molar-refractivity contribution in [2.75, 3.05) is 5.32 Å². The van der Waals surface area contributed by atoms with E-state index in [1.807, 2.05) is 61.5 Å². The molecule has 0 fully saturated rings. The normalized spacial score (nSPS) is 11.0. The predicted octanol–water partition coefficient (Wildman–Crippen LogP) is 7.17. The Labute approximate surface area is 182 Å². The summed E-state index contributed by atoms with van der Waals surface area (Å²) in [6.07, 6.45) is 0. The Morgan fingerprint density at radius 1 is 0.871 bits per heavy atom. The van der Waals surface area contributed by atoms with E-state index in [0.29, 0.717) is 5.56 Å². The second kappa shape index (κ2) is 8.60. The maximum atomic E-state index is 13.6. The lowest BCUT2D eigenvalue weighted by Gasteiger charge is -2.12. The first-order valence-electron chi connectivity index (χ1n) is 10.4. The van der Waals surface area contributed by atoms with Crippen molar-refractivity contribution in [2.24, 2.45) is 0 Å². The highest BCUT2D eigenvalue weighted by atomic mass is 19.1. The van der Waals surface area contributed by atoms with E-state index in [1.165, 1.54) is 12.1 Å². The summed E-state index contributed by atoms with van der Waals surface area (Å²) < 4.78 is 13.6. The minimum Gasteiger partial charge on any atom is -0.357 e. The molecule has 0 atom stereocenters. The number of benzene rings is 3. The molecule has 4 aromatic rings. The zero-order valence-electron chi connectivity index (χ0n) is 17.9. The van der Waals surface area contributed by atoms with Gasteiger partial charge in [-0.3, -0.25) is 4.79 Å². The zero-order valence-corrected chi connectivity index (χ0v) is 17.9. The van der Waals surface area contributed by atoms with E-state index in [-0.39, 0.29) is 17.6 Å². The van der Waals surface area contributed by atoms with Gasteiger partial charge in [-0.1, -0.05) is 61.9 Å². The fraction of sp³-hybridized carbons (Fsp3) is 0.148. The molecule has 1 aromatic heterocycles. The van der Waals surface area contributed by atoms with Crippen molar-refractivity contribution >= 4 is 11.6 Å². The van der Waals surface area contributed by atoms with Gasteiger partial charge in [0.15, 0.2) is 0 Å². The van der Waals surface area contributed by atoms with Crippen LogP contribution in [0.2, 0.25) is 0 Å². The van der Waals surface area contributed by atoms with E-state index in [4.69, 9.17) is 0 Å². The monoisotopic (exact) mass is 412 g/mol. The number of aryl methyl sites for hydroxylation is 1. The van der Waals surface area contributed by atoms with Crippen molar-refractivity contribution in [1.29, 1.82) is 0 Å². The summed E-state index contributed by atoms with van der Waals surface area (Å²) in [7, 11) is 0. The molecular formula is C27H25FN2O. The number of halogens is 1. The largest absolute Gasteiger partial charge is 0.357 e. The molecule has 0 saturated heterocycles. The number of aromatic nitrogens is 1. The van der Waals surface area contributed by atoms with E-state index < -0.39 is 0 Å². The Balaban J connectivity index is 1.93. The van der Waals surface area contributed by atoms with Crippen LogP contribution >= 0.6 is 0 Å². The van der Waals surface area contributed by atoms with Crippen molar-refractivity contribution in [3.05, 3.63) is 102 Å². The van der Waals surface area contributed by atoms with Gasteiger partial charge in [0.2, 0.25) is 0 Å². The van der Waals surface area contributed by atoms with Crippen LogP contribution in [0, 0.1) is 12.7 Å². The van der Waals surface area contributed by atoms with Crippen molar-refractivity contribution in [2.45, 2.75) is 26.7 Å². The lowest BCUT2D eigenvalue weighted by Crippen LogP contribution is -2.15. The van der Waals surface area contributed by atoms with Crippen LogP contribution in [0.5, 0.6) is 0 Å². The standard InChI is InChI=1S/C27H25FN2O/c1-17(2)25-24(27(31)29-22-7-5-4-6-8-22)23(19-11-9-18(3)10-12-19)26(30-25)20-13-15-21(28)16-14-20/h4-17,30H,1-3H3,(H,29,31). The molecular weight excluding hydrogens is 387 g/mol. The van der Waals surface area contributed by atoms with Crippen molar-refractivity contribution < 1.29 is 9.18 Å². The Morgan fingerprint density at radius 2 is 1.48 bits per heavy atom. The molecule has 3 aromatic carbocycles. The molecule has 0 spiro atoms. The Morgan fingerprint density at radius 3 is 2.10 bits per heavy atom. The van der Waals surface area contributed by atoms with Gasteiger partial charge < -0.3 is 10.3 Å². The van der Waals surface area contributed by atoms with Crippen LogP contribution in [0.4, 0.5) is 10.1 Å². The summed E-state index contributed by atoms with van der Waals surface area (Å²) in [6, 6.07) is 23.9. The smallest absolute Gasteiger partial charge is 0.258 e. The summed E-state index contributed by atoms with van der Waals surface area (Å²) in [6.45, 7) is 6.14. The molecule has 3 nitrogen and oxygen atoms in total. The molecule has 2 N–H and O–H groups in total. The van der Waals surface area contributed by atoms with Gasteiger partial charge in [0.05, 0.1) is 11.3 Å². The summed E-state index contributed by atoms with van der Waals surface area (Å²) in [5.41, 5.74) is 6.74. The Kier molecular flexibility index (Phi) is 5.72. The third kappa shape index (κ3) is 4.29. The number of nitrogens with one attached hydrogen (secondary N) is 2. The lowest BCUT2D eigenvalue weighted by atomic mass is 9.94. The summed E-state index contributed by atoms with van der Waals surface area (Å²) >= 11 is 0. The van der Waals surface area contributed by atoms with E-state index in [1.54, 1.807) is 12.1 Å². The second-order valence-electron chi connectivity index (χ2n) is 8.01. The highest BCUT2D eigenvalue weighted by Gasteiger charge is 2.26. The highest BCUT2D eigenvalue weighted by Crippen LogP contribution is 2.39. The van der Waals surface area contributed by atoms with Crippen LogP contribution in [0.25, 0.3) is 22.4 Å². The average molecular weight is 413 g/mol. The first-order valence-corrected chi connectivity index (χ1v) is 10.4. The number of aromatic amines is 1. The summed E-state index contributed by atoms with van der Waals surface area (Å²) in [5.74, 6) is -0.372. The Bertz CT molecular complexity index is 1190. The third-order valence-electron chi connectivity index (χ3n) is 5.34. The average Bonchev–Trinajstić information content (AvgIpc) is 3.17. The molecule has 0 aliphatic rings. The van der Waals surface area contributed by atoms with E-state index in [0.717, 1.165) is 39.3 Å². The molecule has 1 amide bonds. The number of H-pyrrole nitrogens is 1. The molecule has 0 unspecified atom stereocenters. The SMILES string of the molecule is Cc1ccc(-c2c(-c3ccc(F)cc3)[nH]c(C(C)C)c2C(=O)Nc2ccccc2)cc1. The number of hydrogen-bond donors (Lipinski definition) is 2. The topological polar surface area (TPSA) is 44.9 Å². The second-order valence-corrected chi connectivity index (χ2v) is 8.01. The van der Waals surface area contributed by atoms with Crippen LogP contribution in [0.15, 0.2) is 78.9 Å². The molecule has 31 heavy (non-hydrogen) atoms. The summed E-state index contributed by atoms with van der Waals surface area (Å²) in [4.78, 5) is 17.0. The number of anilines is 1. The van der Waals surface area contributed by atoms with Crippen molar-refractivity contribution in [1.82, 2.24) is 4.98 Å². The van der Waals surface area contributed by atoms with E-state index in [2.05, 4.69) is 24.1 Å². The number of carbonyl (C=O) groups is 1. The molecule has 0 aliphatic heterocycles. The van der Waals surface area contributed by atoms with Crippen LogP contribution in [0.3, 0.4) is 0 Å². The van der Waals surface area contributed by atoms with Gasteiger partial charge in [-0.15, -0.1) is 0 Å². The van der Waals surface area contributed by atoms with Crippen LogP contribution in [0.1, 0.15) is 41.4 Å². The molecule has 4 rings (SSSR count). The summed E-state index contributed by atoms with van der Waals surface area (Å²) in [5, 5.41) is 3.03. The van der Waals surface area contributed by atoms with Gasteiger partial charge in [0.1, 0.15) is 5.82 Å². The van der Waals surface area contributed by atoms with Gasteiger partial charge in [-0.25, -0.2) is 4.39 Å². The van der Waals surface area contributed by atoms with Crippen LogP contribution in [-0.2, 0) is 0 Å². The van der Waals surface area contributed by atoms with Gasteiger partial charge in [0, 0.05) is 16.9 Å². The van der Waals surface area contributed by atoms with Gasteiger partial charge in [-0.05, 0) is 60.4 Å². The molecule has 0 saturated carbocycles.